The highest BCUT2D eigenvalue weighted by Gasteiger charge is 2.31. The fourth-order valence-corrected chi connectivity index (χ4v) is 3.05. The summed E-state index contributed by atoms with van der Waals surface area (Å²) in [5.41, 5.74) is -0.126. The van der Waals surface area contributed by atoms with Crippen molar-refractivity contribution < 1.29 is 37.0 Å². The molecule has 1 heterocycles. The Balaban J connectivity index is 1.60. The van der Waals surface area contributed by atoms with Gasteiger partial charge in [0.15, 0.2) is 0 Å². The second kappa shape index (κ2) is 12.6. The molecule has 3 N–H and O–H groups in total. The van der Waals surface area contributed by atoms with E-state index in [1.54, 1.807) is 30.3 Å². The summed E-state index contributed by atoms with van der Waals surface area (Å²) in [5.74, 6) is 0.647. The first-order valence-electron chi connectivity index (χ1n) is 11.0. The van der Waals surface area contributed by atoms with Gasteiger partial charge in [0.25, 0.3) is 5.91 Å². The van der Waals surface area contributed by atoms with Gasteiger partial charge < -0.3 is 30.2 Å². The van der Waals surface area contributed by atoms with Crippen molar-refractivity contribution in [2.45, 2.75) is 12.7 Å². The zero-order valence-corrected chi connectivity index (χ0v) is 20.0. The van der Waals surface area contributed by atoms with Gasteiger partial charge in [-0.1, -0.05) is 12.1 Å². The van der Waals surface area contributed by atoms with Gasteiger partial charge >= 0.3 is 12.2 Å². The Morgan fingerprint density at radius 2 is 1.73 bits per heavy atom. The summed E-state index contributed by atoms with van der Waals surface area (Å²) >= 11 is 0. The summed E-state index contributed by atoms with van der Waals surface area (Å²) in [4.78, 5) is 28.1. The summed E-state index contributed by atoms with van der Waals surface area (Å²) in [6.07, 6.45) is -3.13. The van der Waals surface area contributed by atoms with E-state index in [1.165, 1.54) is 26.4 Å². The number of amides is 3. The molecule has 0 saturated heterocycles. The van der Waals surface area contributed by atoms with Crippen molar-refractivity contribution in [3.8, 4) is 17.2 Å². The predicted molar refractivity (Wildman–Crippen MR) is 129 cm³/mol. The van der Waals surface area contributed by atoms with E-state index in [2.05, 4.69) is 20.9 Å². The van der Waals surface area contributed by atoms with Crippen LogP contribution in [0.2, 0.25) is 0 Å². The molecule has 3 aromatic rings. The van der Waals surface area contributed by atoms with Crippen LogP contribution in [0.3, 0.4) is 0 Å². The molecular weight excluding hydrogens is 493 g/mol. The fourth-order valence-electron chi connectivity index (χ4n) is 3.05. The maximum atomic E-state index is 13.1. The molecule has 0 aliphatic rings. The topological polar surface area (TPSA) is 111 Å². The second-order valence-electron chi connectivity index (χ2n) is 7.56. The number of alkyl halides is 3. The number of anilines is 1. The van der Waals surface area contributed by atoms with Crippen molar-refractivity contribution in [2.24, 2.45) is 0 Å². The third-order valence-electron chi connectivity index (χ3n) is 4.90. The maximum absolute atomic E-state index is 13.1. The predicted octanol–water partition coefficient (Wildman–Crippen LogP) is 4.60. The molecule has 0 bridgehead atoms. The molecule has 0 saturated carbocycles. The number of benzene rings is 2. The number of nitrogens with one attached hydrogen (secondary N) is 3. The molecule has 196 valence electrons. The highest BCUT2D eigenvalue weighted by molar-refractivity contribution is 5.92. The zero-order valence-electron chi connectivity index (χ0n) is 20.0. The zero-order chi connectivity index (χ0) is 26.8. The van der Waals surface area contributed by atoms with Crippen molar-refractivity contribution in [2.75, 3.05) is 32.7 Å². The molecule has 9 nitrogen and oxygen atoms in total. The number of halogens is 3. The number of hydrogen-bond donors (Lipinski definition) is 3. The van der Waals surface area contributed by atoms with Crippen LogP contribution in [0, 0.1) is 0 Å². The molecule has 3 amide bonds. The number of rotatable bonds is 10. The molecule has 0 radical (unpaired) electrons. The Morgan fingerprint density at radius 3 is 2.41 bits per heavy atom. The van der Waals surface area contributed by atoms with Gasteiger partial charge in [0, 0.05) is 33.0 Å². The minimum atomic E-state index is -4.58. The van der Waals surface area contributed by atoms with Gasteiger partial charge in [-0.3, -0.25) is 9.78 Å². The Labute approximate surface area is 210 Å². The first-order chi connectivity index (χ1) is 17.7. The molecule has 0 aliphatic heterocycles. The number of pyridine rings is 1. The first-order valence-corrected chi connectivity index (χ1v) is 11.0. The van der Waals surface area contributed by atoms with E-state index in [9.17, 15) is 22.8 Å². The summed E-state index contributed by atoms with van der Waals surface area (Å²) < 4.78 is 55.4. The lowest BCUT2D eigenvalue weighted by atomic mass is 10.1. The van der Waals surface area contributed by atoms with Gasteiger partial charge in [-0.15, -0.1) is 0 Å². The third kappa shape index (κ3) is 8.10. The molecular formula is C25H25F3N4O5. The van der Waals surface area contributed by atoms with Gasteiger partial charge in [0.1, 0.15) is 29.5 Å². The van der Waals surface area contributed by atoms with Crippen molar-refractivity contribution in [1.29, 1.82) is 0 Å². The maximum Gasteiger partial charge on any atom is 0.416 e. The number of methoxy groups -OCH3 is 1. The van der Waals surface area contributed by atoms with Crippen LogP contribution in [0.15, 0.2) is 60.8 Å². The molecule has 1 aromatic heterocycles. The first kappa shape index (κ1) is 27.3. The van der Waals surface area contributed by atoms with E-state index in [0.29, 0.717) is 17.1 Å². The third-order valence-corrected chi connectivity index (χ3v) is 4.90. The number of carbonyl (C=O) groups excluding carboxylic acids is 2. The number of hydrogen-bond acceptors (Lipinski definition) is 6. The van der Waals surface area contributed by atoms with Crippen LogP contribution in [0.1, 0.15) is 21.6 Å². The Bertz CT molecular complexity index is 1220. The van der Waals surface area contributed by atoms with Gasteiger partial charge in [0.05, 0.1) is 17.9 Å². The van der Waals surface area contributed by atoms with Gasteiger partial charge in [-0.25, -0.2) is 4.79 Å². The highest BCUT2D eigenvalue weighted by Crippen LogP contribution is 2.35. The lowest BCUT2D eigenvalue weighted by molar-refractivity contribution is -0.137. The van der Waals surface area contributed by atoms with E-state index in [4.69, 9.17) is 14.2 Å². The smallest absolute Gasteiger partial charge is 0.416 e. The normalized spacial score (nSPS) is 10.9. The number of ether oxygens (including phenoxy) is 3. The number of carbonyl (C=O) groups is 2. The van der Waals surface area contributed by atoms with Gasteiger partial charge in [-0.05, 0) is 42.0 Å². The van der Waals surface area contributed by atoms with Gasteiger partial charge in [-0.2, -0.15) is 13.2 Å². The van der Waals surface area contributed by atoms with Crippen LogP contribution in [-0.4, -0.2) is 44.3 Å². The minimum Gasteiger partial charge on any atom is -0.489 e. The summed E-state index contributed by atoms with van der Waals surface area (Å²) in [7, 11) is 2.96. The fraction of sp³-hybridized carbons (Fsp3) is 0.240. The van der Waals surface area contributed by atoms with E-state index >= 15 is 0 Å². The number of aromatic nitrogens is 1. The lowest BCUT2D eigenvalue weighted by Gasteiger charge is -2.16. The Morgan fingerprint density at radius 1 is 0.973 bits per heavy atom. The summed E-state index contributed by atoms with van der Waals surface area (Å²) in [6, 6.07) is 12.0. The molecule has 12 heteroatoms. The van der Waals surface area contributed by atoms with Crippen molar-refractivity contribution in [3.05, 3.63) is 77.6 Å². The van der Waals surface area contributed by atoms with E-state index in [-0.39, 0.29) is 42.8 Å². The number of urea groups is 1. The average Bonchev–Trinajstić information content (AvgIpc) is 2.88. The molecule has 0 atom stereocenters. The van der Waals surface area contributed by atoms with E-state index < -0.39 is 17.8 Å². The SMILES string of the molecule is CNC(=O)c1cc(Oc2ccc(CNC(=O)Nc3cc(C(F)(F)F)ccc3OCCOC)cc2)ccn1. The molecule has 3 rings (SSSR count). The van der Waals surface area contributed by atoms with Gasteiger partial charge in [0.2, 0.25) is 0 Å². The monoisotopic (exact) mass is 518 g/mol. The molecule has 37 heavy (non-hydrogen) atoms. The quantitative estimate of drug-likeness (QED) is 0.339. The van der Waals surface area contributed by atoms with Crippen LogP contribution in [0.25, 0.3) is 0 Å². The minimum absolute atomic E-state index is 0.0809. The van der Waals surface area contributed by atoms with E-state index in [1.807, 2.05) is 0 Å². The lowest BCUT2D eigenvalue weighted by Crippen LogP contribution is -2.28. The highest BCUT2D eigenvalue weighted by atomic mass is 19.4. The van der Waals surface area contributed by atoms with Crippen LogP contribution in [0.5, 0.6) is 17.2 Å². The molecule has 0 fully saturated rings. The van der Waals surface area contributed by atoms with Crippen LogP contribution >= 0.6 is 0 Å². The summed E-state index contributed by atoms with van der Waals surface area (Å²) in [5, 5.41) is 7.48. The largest absolute Gasteiger partial charge is 0.489 e. The molecule has 0 unspecified atom stereocenters. The molecule has 0 aliphatic carbocycles. The van der Waals surface area contributed by atoms with Crippen LogP contribution in [0.4, 0.5) is 23.7 Å². The van der Waals surface area contributed by atoms with Crippen LogP contribution in [-0.2, 0) is 17.5 Å². The Kier molecular flexibility index (Phi) is 9.27. The van der Waals surface area contributed by atoms with Crippen molar-refractivity contribution >= 4 is 17.6 Å². The summed E-state index contributed by atoms with van der Waals surface area (Å²) in [6.45, 7) is 0.420. The van der Waals surface area contributed by atoms with Crippen molar-refractivity contribution in [1.82, 2.24) is 15.6 Å². The van der Waals surface area contributed by atoms with E-state index in [0.717, 1.165) is 18.2 Å². The molecule has 0 spiro atoms. The standard InChI is InChI=1S/C25H25F3N4O5/c1-29-23(33)21-14-19(9-10-30-21)37-18-6-3-16(4-7-18)15-31-24(34)32-20-13-17(25(26,27)28)5-8-22(20)36-12-11-35-2/h3-10,13-14H,11-12,15H2,1-2H3,(H,29,33)(H2,31,32,34). The number of nitrogens with zero attached hydrogens (tertiary/aromatic N) is 1. The van der Waals surface area contributed by atoms with Crippen LogP contribution < -0.4 is 25.4 Å². The average molecular weight is 518 g/mol. The molecule has 2 aromatic carbocycles. The Hall–Kier alpha value is -4.32. The van der Waals surface area contributed by atoms with Crippen molar-refractivity contribution in [3.63, 3.8) is 0 Å². The second-order valence-corrected chi connectivity index (χ2v) is 7.56.